The maximum absolute atomic E-state index is 4.65. The van der Waals surface area contributed by atoms with Gasteiger partial charge in [-0.05, 0) is 53.2 Å². The number of rotatable bonds is 4. The summed E-state index contributed by atoms with van der Waals surface area (Å²) in [5.41, 5.74) is 1.27. The van der Waals surface area contributed by atoms with E-state index in [4.69, 9.17) is 0 Å². The van der Waals surface area contributed by atoms with Crippen LogP contribution >= 0.6 is 15.9 Å². The van der Waals surface area contributed by atoms with Crippen LogP contribution in [0.3, 0.4) is 0 Å². The molecule has 2 rings (SSSR count). The molecule has 0 aliphatic heterocycles. The minimum Gasteiger partial charge on any atom is -0.353 e. The molecule has 0 bridgehead atoms. The zero-order chi connectivity index (χ0) is 13.1. The molecule has 1 heterocycles. The fourth-order valence-corrected chi connectivity index (χ4v) is 3.30. The van der Waals surface area contributed by atoms with Crippen molar-refractivity contribution in [3.8, 4) is 0 Å². The summed E-state index contributed by atoms with van der Waals surface area (Å²) in [5, 5.41) is 0. The van der Waals surface area contributed by atoms with E-state index in [0.717, 1.165) is 11.0 Å². The van der Waals surface area contributed by atoms with Crippen LogP contribution in [0.15, 0.2) is 16.7 Å². The molecular formula is C15H23BrN2. The van der Waals surface area contributed by atoms with Crippen LogP contribution in [0.2, 0.25) is 0 Å². The van der Waals surface area contributed by atoms with E-state index in [1.165, 1.54) is 37.1 Å². The summed E-state index contributed by atoms with van der Waals surface area (Å²) in [5.74, 6) is 1.86. The molecule has 0 amide bonds. The van der Waals surface area contributed by atoms with E-state index < -0.39 is 0 Å². The molecule has 0 radical (unpaired) electrons. The van der Waals surface area contributed by atoms with Crippen molar-refractivity contribution in [3.63, 3.8) is 0 Å². The van der Waals surface area contributed by atoms with Gasteiger partial charge in [-0.2, -0.15) is 0 Å². The topological polar surface area (TPSA) is 16.1 Å². The number of aryl methyl sites for hydroxylation is 1. The molecule has 100 valence electrons. The van der Waals surface area contributed by atoms with Crippen LogP contribution in [0.1, 0.15) is 45.1 Å². The first-order chi connectivity index (χ1) is 8.58. The second-order valence-corrected chi connectivity index (χ2v) is 6.69. The number of anilines is 1. The van der Waals surface area contributed by atoms with E-state index in [-0.39, 0.29) is 0 Å². The Morgan fingerprint density at radius 2 is 2.06 bits per heavy atom. The molecule has 0 saturated heterocycles. The smallest absolute Gasteiger partial charge is 0.131 e. The summed E-state index contributed by atoms with van der Waals surface area (Å²) in [6, 6.07) is 2.87. The SMILES string of the molecule is Cc1cc(Br)cnc1N(CC(C)C)C1CCCC1. The van der Waals surface area contributed by atoms with Gasteiger partial charge in [0, 0.05) is 23.3 Å². The molecule has 1 aliphatic carbocycles. The van der Waals surface area contributed by atoms with Crippen LogP contribution in [0.4, 0.5) is 5.82 Å². The van der Waals surface area contributed by atoms with Gasteiger partial charge in [-0.25, -0.2) is 4.98 Å². The highest BCUT2D eigenvalue weighted by atomic mass is 79.9. The first kappa shape index (κ1) is 13.9. The van der Waals surface area contributed by atoms with Crippen molar-refractivity contribution in [2.75, 3.05) is 11.4 Å². The molecule has 0 spiro atoms. The molecule has 3 heteroatoms. The van der Waals surface area contributed by atoms with Crippen LogP contribution in [0.25, 0.3) is 0 Å². The standard InChI is InChI=1S/C15H23BrN2/c1-11(2)10-18(14-6-4-5-7-14)15-12(3)8-13(16)9-17-15/h8-9,11,14H,4-7,10H2,1-3H3. The number of hydrogen-bond acceptors (Lipinski definition) is 2. The maximum Gasteiger partial charge on any atom is 0.131 e. The van der Waals surface area contributed by atoms with Gasteiger partial charge in [0.15, 0.2) is 0 Å². The summed E-state index contributed by atoms with van der Waals surface area (Å²) in [7, 11) is 0. The lowest BCUT2D eigenvalue weighted by Gasteiger charge is -2.32. The van der Waals surface area contributed by atoms with Crippen LogP contribution in [0, 0.1) is 12.8 Å². The lowest BCUT2D eigenvalue weighted by molar-refractivity contribution is 0.530. The zero-order valence-electron chi connectivity index (χ0n) is 11.6. The number of hydrogen-bond donors (Lipinski definition) is 0. The Bertz CT molecular complexity index is 397. The molecule has 0 atom stereocenters. The van der Waals surface area contributed by atoms with Crippen molar-refractivity contribution in [1.82, 2.24) is 4.98 Å². The average molecular weight is 311 g/mol. The Morgan fingerprint density at radius 1 is 1.39 bits per heavy atom. The lowest BCUT2D eigenvalue weighted by Crippen LogP contribution is -2.37. The number of pyridine rings is 1. The first-order valence-corrected chi connectivity index (χ1v) is 7.76. The van der Waals surface area contributed by atoms with Gasteiger partial charge in [-0.1, -0.05) is 26.7 Å². The second-order valence-electron chi connectivity index (χ2n) is 5.78. The van der Waals surface area contributed by atoms with E-state index in [9.17, 15) is 0 Å². The molecule has 1 aliphatic rings. The first-order valence-electron chi connectivity index (χ1n) is 6.96. The second kappa shape index (κ2) is 6.05. The van der Waals surface area contributed by atoms with Gasteiger partial charge in [0.05, 0.1) is 0 Å². The fraction of sp³-hybridized carbons (Fsp3) is 0.667. The summed E-state index contributed by atoms with van der Waals surface area (Å²) >= 11 is 3.50. The van der Waals surface area contributed by atoms with Crippen molar-refractivity contribution in [2.24, 2.45) is 5.92 Å². The Labute approximate surface area is 119 Å². The van der Waals surface area contributed by atoms with E-state index >= 15 is 0 Å². The minimum atomic E-state index is 0.676. The van der Waals surface area contributed by atoms with Gasteiger partial charge < -0.3 is 4.90 Å². The van der Waals surface area contributed by atoms with Crippen molar-refractivity contribution in [2.45, 2.75) is 52.5 Å². The molecular weight excluding hydrogens is 288 g/mol. The summed E-state index contributed by atoms with van der Waals surface area (Å²) < 4.78 is 1.07. The predicted molar refractivity (Wildman–Crippen MR) is 81.1 cm³/mol. The highest BCUT2D eigenvalue weighted by molar-refractivity contribution is 9.10. The highest BCUT2D eigenvalue weighted by Crippen LogP contribution is 2.30. The van der Waals surface area contributed by atoms with Gasteiger partial charge >= 0.3 is 0 Å². The zero-order valence-corrected chi connectivity index (χ0v) is 13.2. The third-order valence-corrected chi connectivity index (χ3v) is 4.05. The molecule has 18 heavy (non-hydrogen) atoms. The van der Waals surface area contributed by atoms with Crippen LogP contribution in [-0.4, -0.2) is 17.6 Å². The van der Waals surface area contributed by atoms with E-state index in [1.807, 2.05) is 6.20 Å². The quantitative estimate of drug-likeness (QED) is 0.810. The average Bonchev–Trinajstić information content (AvgIpc) is 2.79. The van der Waals surface area contributed by atoms with Crippen molar-refractivity contribution in [3.05, 3.63) is 22.3 Å². The Hall–Kier alpha value is -0.570. The van der Waals surface area contributed by atoms with E-state index in [2.05, 4.69) is 52.7 Å². The van der Waals surface area contributed by atoms with Crippen molar-refractivity contribution < 1.29 is 0 Å². The third kappa shape index (κ3) is 3.25. The highest BCUT2D eigenvalue weighted by Gasteiger charge is 2.25. The summed E-state index contributed by atoms with van der Waals surface area (Å²) in [4.78, 5) is 7.20. The number of aromatic nitrogens is 1. The Kier molecular flexibility index (Phi) is 4.66. The van der Waals surface area contributed by atoms with E-state index in [0.29, 0.717) is 12.0 Å². The van der Waals surface area contributed by atoms with Crippen LogP contribution in [-0.2, 0) is 0 Å². The monoisotopic (exact) mass is 310 g/mol. The molecule has 2 nitrogen and oxygen atoms in total. The number of nitrogens with zero attached hydrogens (tertiary/aromatic N) is 2. The Balaban J connectivity index is 2.26. The van der Waals surface area contributed by atoms with Gasteiger partial charge in [-0.3, -0.25) is 0 Å². The maximum atomic E-state index is 4.65. The third-order valence-electron chi connectivity index (χ3n) is 3.62. The lowest BCUT2D eigenvalue weighted by atomic mass is 10.1. The summed E-state index contributed by atoms with van der Waals surface area (Å²) in [6.07, 6.45) is 7.31. The number of halogens is 1. The fourth-order valence-electron chi connectivity index (χ4n) is 2.85. The van der Waals surface area contributed by atoms with Crippen LogP contribution in [0.5, 0.6) is 0 Å². The predicted octanol–water partition coefficient (Wildman–Crippen LogP) is 4.56. The van der Waals surface area contributed by atoms with Crippen molar-refractivity contribution in [1.29, 1.82) is 0 Å². The molecule has 1 aromatic heterocycles. The van der Waals surface area contributed by atoms with Gasteiger partial charge in [0.25, 0.3) is 0 Å². The van der Waals surface area contributed by atoms with E-state index in [1.54, 1.807) is 0 Å². The summed E-state index contributed by atoms with van der Waals surface area (Å²) in [6.45, 7) is 7.85. The normalized spacial score (nSPS) is 16.5. The molecule has 0 aromatic carbocycles. The molecule has 1 fully saturated rings. The molecule has 1 saturated carbocycles. The minimum absolute atomic E-state index is 0.676. The van der Waals surface area contributed by atoms with Gasteiger partial charge in [0.2, 0.25) is 0 Å². The van der Waals surface area contributed by atoms with Gasteiger partial charge in [-0.15, -0.1) is 0 Å². The van der Waals surface area contributed by atoms with Gasteiger partial charge in [0.1, 0.15) is 5.82 Å². The Morgan fingerprint density at radius 3 is 2.61 bits per heavy atom. The van der Waals surface area contributed by atoms with Crippen molar-refractivity contribution >= 4 is 21.7 Å². The largest absolute Gasteiger partial charge is 0.353 e. The molecule has 0 N–H and O–H groups in total. The van der Waals surface area contributed by atoms with Crippen LogP contribution < -0.4 is 4.90 Å². The molecule has 0 unspecified atom stereocenters. The molecule has 1 aromatic rings.